The maximum Gasteiger partial charge on any atom is 0.231 e. The van der Waals surface area contributed by atoms with Gasteiger partial charge in [0, 0.05) is 0 Å². The van der Waals surface area contributed by atoms with Gasteiger partial charge in [-0.05, 0) is 54.6 Å². The minimum Gasteiger partial charge on any atom is -0.478 e. The second kappa shape index (κ2) is 7.87. The lowest BCUT2D eigenvalue weighted by atomic mass is 10.5. The Hall–Kier alpha value is 0.510. The molecule has 1 N–H and O–H groups in total. The highest BCUT2D eigenvalue weighted by Crippen LogP contribution is 2.28. The van der Waals surface area contributed by atoms with Crippen molar-refractivity contribution < 1.29 is 14.6 Å². The molecular formula is C7H14O3S3. The van der Waals surface area contributed by atoms with Crippen LogP contribution in [-0.2, 0) is 9.47 Å². The molecule has 0 aromatic heterocycles. The van der Waals surface area contributed by atoms with Crippen molar-refractivity contribution in [2.24, 2.45) is 0 Å². The summed E-state index contributed by atoms with van der Waals surface area (Å²) in [6, 6.07) is 0. The molecule has 78 valence electrons. The Morgan fingerprint density at radius 1 is 1.54 bits per heavy atom. The Balaban J connectivity index is 3.45. The molecule has 0 aliphatic rings. The summed E-state index contributed by atoms with van der Waals surface area (Å²) in [5, 5.41) is 9.24. The third kappa shape index (κ3) is 8.83. The van der Waals surface area contributed by atoms with Crippen LogP contribution >= 0.6 is 33.8 Å². The molecule has 0 aliphatic heterocycles. The molecule has 0 saturated carbocycles. The molecule has 0 aromatic carbocycles. The summed E-state index contributed by atoms with van der Waals surface area (Å²) >= 11 is 4.84. The lowest BCUT2D eigenvalue weighted by molar-refractivity contribution is -0.0621. The van der Waals surface area contributed by atoms with E-state index in [0.29, 0.717) is 11.0 Å². The van der Waals surface area contributed by atoms with Crippen LogP contribution < -0.4 is 0 Å². The molecule has 0 rings (SSSR count). The SMILES string of the molecule is CCOC(=S)SSC(O)OC(C)C. The number of aliphatic hydroxyl groups is 1. The first kappa shape index (κ1) is 13.5. The molecule has 1 unspecified atom stereocenters. The van der Waals surface area contributed by atoms with Gasteiger partial charge < -0.3 is 14.6 Å². The summed E-state index contributed by atoms with van der Waals surface area (Å²) in [6.45, 7) is 6.12. The fourth-order valence-corrected chi connectivity index (χ4v) is 2.31. The third-order valence-electron chi connectivity index (χ3n) is 0.849. The van der Waals surface area contributed by atoms with Gasteiger partial charge in [0.2, 0.25) is 10.0 Å². The van der Waals surface area contributed by atoms with Crippen molar-refractivity contribution in [3.63, 3.8) is 0 Å². The van der Waals surface area contributed by atoms with Crippen molar-refractivity contribution >= 4 is 38.2 Å². The van der Waals surface area contributed by atoms with Crippen LogP contribution in [0.4, 0.5) is 0 Å². The average Bonchev–Trinajstić information content (AvgIpc) is 2.00. The highest BCUT2D eigenvalue weighted by molar-refractivity contribution is 8.83. The molecule has 3 nitrogen and oxygen atoms in total. The molecule has 0 aliphatic carbocycles. The highest BCUT2D eigenvalue weighted by Gasteiger charge is 2.09. The Morgan fingerprint density at radius 3 is 2.62 bits per heavy atom. The summed E-state index contributed by atoms with van der Waals surface area (Å²) in [7, 11) is 2.34. The summed E-state index contributed by atoms with van der Waals surface area (Å²) in [6.07, 6.45) is 0.00349. The monoisotopic (exact) mass is 242 g/mol. The van der Waals surface area contributed by atoms with E-state index >= 15 is 0 Å². The minimum absolute atomic E-state index is 0.00349. The zero-order valence-corrected chi connectivity index (χ0v) is 10.3. The van der Waals surface area contributed by atoms with Crippen molar-refractivity contribution in [2.45, 2.75) is 32.5 Å². The van der Waals surface area contributed by atoms with Crippen LogP contribution in [0, 0.1) is 0 Å². The summed E-state index contributed by atoms with van der Waals surface area (Å²) in [5.74, 6) is 0. The van der Waals surface area contributed by atoms with Crippen LogP contribution in [-0.4, -0.2) is 27.8 Å². The third-order valence-corrected chi connectivity index (χ3v) is 3.40. The molecule has 0 saturated heterocycles. The second-order valence-electron chi connectivity index (χ2n) is 2.35. The van der Waals surface area contributed by atoms with Crippen molar-refractivity contribution in [3.8, 4) is 0 Å². The van der Waals surface area contributed by atoms with Crippen molar-refractivity contribution in [1.29, 1.82) is 0 Å². The van der Waals surface area contributed by atoms with Crippen LogP contribution in [0.5, 0.6) is 0 Å². The van der Waals surface area contributed by atoms with Gasteiger partial charge in [-0.3, -0.25) is 0 Å². The van der Waals surface area contributed by atoms with Crippen LogP contribution in [0.1, 0.15) is 20.8 Å². The van der Waals surface area contributed by atoms with Gasteiger partial charge >= 0.3 is 0 Å². The lowest BCUT2D eigenvalue weighted by Crippen LogP contribution is -2.12. The first-order valence-corrected chi connectivity index (χ1v) is 6.52. The number of aliphatic hydroxyl groups excluding tert-OH is 1. The number of thiocarbonyl (C=S) groups is 1. The van der Waals surface area contributed by atoms with E-state index in [1.807, 2.05) is 20.8 Å². The smallest absolute Gasteiger partial charge is 0.231 e. The van der Waals surface area contributed by atoms with Gasteiger partial charge in [-0.1, -0.05) is 0 Å². The van der Waals surface area contributed by atoms with Crippen molar-refractivity contribution in [2.75, 3.05) is 6.61 Å². The number of hydrogen-bond acceptors (Lipinski definition) is 6. The molecule has 13 heavy (non-hydrogen) atoms. The van der Waals surface area contributed by atoms with Gasteiger partial charge in [0.05, 0.1) is 12.7 Å². The van der Waals surface area contributed by atoms with Gasteiger partial charge in [-0.15, -0.1) is 0 Å². The normalized spacial score (nSPS) is 13.0. The van der Waals surface area contributed by atoms with Crippen molar-refractivity contribution in [3.05, 3.63) is 0 Å². The quantitative estimate of drug-likeness (QED) is 0.453. The van der Waals surface area contributed by atoms with Crippen LogP contribution in [0.15, 0.2) is 0 Å². The Morgan fingerprint density at radius 2 is 2.15 bits per heavy atom. The maximum absolute atomic E-state index is 9.24. The van der Waals surface area contributed by atoms with E-state index in [2.05, 4.69) is 0 Å². The van der Waals surface area contributed by atoms with Crippen molar-refractivity contribution in [1.82, 2.24) is 0 Å². The molecule has 0 bridgehead atoms. The fourth-order valence-electron chi connectivity index (χ4n) is 0.478. The van der Waals surface area contributed by atoms with Gasteiger partial charge in [0.25, 0.3) is 0 Å². The first-order chi connectivity index (χ1) is 6.06. The van der Waals surface area contributed by atoms with Crippen LogP contribution in [0.25, 0.3) is 0 Å². The van der Waals surface area contributed by atoms with E-state index in [4.69, 9.17) is 21.7 Å². The molecule has 1 atom stereocenters. The topological polar surface area (TPSA) is 38.7 Å². The minimum atomic E-state index is -0.858. The van der Waals surface area contributed by atoms with E-state index in [-0.39, 0.29) is 6.10 Å². The van der Waals surface area contributed by atoms with E-state index in [1.165, 1.54) is 10.8 Å². The molecule has 0 aromatic rings. The molecule has 0 heterocycles. The Labute approximate surface area is 92.0 Å². The van der Waals surface area contributed by atoms with Gasteiger partial charge in [0.1, 0.15) is 0 Å². The summed E-state index contributed by atoms with van der Waals surface area (Å²) in [5.41, 5.74) is -0.858. The number of hydrogen-bond donors (Lipinski definition) is 1. The number of rotatable bonds is 5. The highest BCUT2D eigenvalue weighted by atomic mass is 33.1. The summed E-state index contributed by atoms with van der Waals surface area (Å²) in [4.78, 5) is 0. The Kier molecular flexibility index (Phi) is 8.18. The van der Waals surface area contributed by atoms with Crippen LogP contribution in [0.3, 0.4) is 0 Å². The van der Waals surface area contributed by atoms with Gasteiger partial charge in [0.15, 0.2) is 0 Å². The standard InChI is InChI=1S/C7H14O3S3/c1-4-9-7(11)13-12-6(8)10-5(2)3/h5-6,8H,4H2,1-3H3. The molecule has 0 radical (unpaired) electrons. The summed E-state index contributed by atoms with van der Waals surface area (Å²) < 4.78 is 10.5. The average molecular weight is 242 g/mol. The zero-order valence-electron chi connectivity index (χ0n) is 7.85. The Bertz CT molecular complexity index is 152. The van der Waals surface area contributed by atoms with E-state index in [9.17, 15) is 5.11 Å². The van der Waals surface area contributed by atoms with E-state index in [1.54, 1.807) is 0 Å². The molecular weight excluding hydrogens is 228 g/mol. The first-order valence-electron chi connectivity index (χ1n) is 3.89. The predicted molar refractivity (Wildman–Crippen MR) is 61.6 cm³/mol. The predicted octanol–water partition coefficient (Wildman–Crippen LogP) is 2.39. The molecule has 6 heteroatoms. The van der Waals surface area contributed by atoms with Gasteiger partial charge in [-0.25, -0.2) is 0 Å². The second-order valence-corrected chi connectivity index (χ2v) is 5.19. The molecule has 0 spiro atoms. The largest absolute Gasteiger partial charge is 0.478 e. The van der Waals surface area contributed by atoms with E-state index in [0.717, 1.165) is 10.8 Å². The maximum atomic E-state index is 9.24. The number of ether oxygens (including phenoxy) is 2. The fraction of sp³-hybridized carbons (Fsp3) is 0.857. The van der Waals surface area contributed by atoms with E-state index < -0.39 is 5.62 Å². The molecule has 0 fully saturated rings. The molecule has 0 amide bonds. The van der Waals surface area contributed by atoms with Crippen LogP contribution in [0.2, 0.25) is 0 Å². The zero-order chi connectivity index (χ0) is 10.3. The van der Waals surface area contributed by atoms with Gasteiger partial charge in [-0.2, -0.15) is 0 Å². The lowest BCUT2D eigenvalue weighted by Gasteiger charge is -2.13.